The highest BCUT2D eigenvalue weighted by atomic mass is 32.2. The van der Waals surface area contributed by atoms with Crippen molar-refractivity contribution < 1.29 is 13.2 Å². The second-order valence-electron chi connectivity index (χ2n) is 4.77. The van der Waals surface area contributed by atoms with Crippen molar-refractivity contribution >= 4 is 21.4 Å². The van der Waals surface area contributed by atoms with Crippen molar-refractivity contribution in [3.05, 3.63) is 18.2 Å². The van der Waals surface area contributed by atoms with E-state index in [1.807, 2.05) is 25.1 Å². The van der Waals surface area contributed by atoms with Gasteiger partial charge in [0, 0.05) is 20.2 Å². The number of anilines is 2. The smallest absolute Gasteiger partial charge is 0.229 e. The summed E-state index contributed by atoms with van der Waals surface area (Å²) in [5, 5.41) is 0. The van der Waals surface area contributed by atoms with E-state index in [1.165, 1.54) is 0 Å². The summed E-state index contributed by atoms with van der Waals surface area (Å²) >= 11 is 0. The predicted molar refractivity (Wildman–Crippen MR) is 72.9 cm³/mol. The van der Waals surface area contributed by atoms with Crippen LogP contribution in [0.2, 0.25) is 0 Å². The lowest BCUT2D eigenvalue weighted by Gasteiger charge is -2.19. The SMILES string of the molecule is CN(C)c1ccc(NS(C)(=O)=O)cc1OC1CC1. The van der Waals surface area contributed by atoms with Gasteiger partial charge in [0.25, 0.3) is 0 Å². The fourth-order valence-electron chi connectivity index (χ4n) is 1.62. The monoisotopic (exact) mass is 270 g/mol. The van der Waals surface area contributed by atoms with Crippen molar-refractivity contribution in [1.82, 2.24) is 0 Å². The van der Waals surface area contributed by atoms with Gasteiger partial charge in [0.1, 0.15) is 5.75 Å². The predicted octanol–water partition coefficient (Wildman–Crippen LogP) is 1.67. The number of sulfonamides is 1. The van der Waals surface area contributed by atoms with Gasteiger partial charge in [0.05, 0.1) is 23.7 Å². The van der Waals surface area contributed by atoms with Gasteiger partial charge in [-0.15, -0.1) is 0 Å². The standard InChI is InChI=1S/C12H18N2O3S/c1-14(2)11-7-4-9(13-18(3,15)16)8-12(11)17-10-5-6-10/h4,7-8,10,13H,5-6H2,1-3H3. The molecule has 0 spiro atoms. The molecule has 0 aliphatic heterocycles. The molecule has 2 rings (SSSR count). The van der Waals surface area contributed by atoms with Crippen molar-refractivity contribution in [2.45, 2.75) is 18.9 Å². The Bertz CT molecular complexity index is 536. The highest BCUT2D eigenvalue weighted by Gasteiger charge is 2.25. The summed E-state index contributed by atoms with van der Waals surface area (Å²) < 4.78 is 30.7. The fraction of sp³-hybridized carbons (Fsp3) is 0.500. The molecule has 6 heteroatoms. The van der Waals surface area contributed by atoms with E-state index in [2.05, 4.69) is 4.72 Å². The molecular formula is C12H18N2O3S. The van der Waals surface area contributed by atoms with Crippen molar-refractivity contribution in [2.75, 3.05) is 30.0 Å². The second-order valence-corrected chi connectivity index (χ2v) is 6.52. The zero-order valence-electron chi connectivity index (χ0n) is 10.8. The zero-order chi connectivity index (χ0) is 13.3. The maximum atomic E-state index is 11.2. The fourth-order valence-corrected chi connectivity index (χ4v) is 2.18. The normalized spacial score (nSPS) is 15.3. The molecule has 1 fully saturated rings. The third-order valence-electron chi connectivity index (χ3n) is 2.56. The van der Waals surface area contributed by atoms with Gasteiger partial charge in [0.15, 0.2) is 0 Å². The van der Waals surface area contributed by atoms with Gasteiger partial charge in [-0.05, 0) is 25.0 Å². The van der Waals surface area contributed by atoms with Crippen LogP contribution in [0.3, 0.4) is 0 Å². The van der Waals surface area contributed by atoms with E-state index in [9.17, 15) is 8.42 Å². The van der Waals surface area contributed by atoms with E-state index in [1.54, 1.807) is 12.1 Å². The Balaban J connectivity index is 2.28. The van der Waals surface area contributed by atoms with Crippen LogP contribution in [0.25, 0.3) is 0 Å². The lowest BCUT2D eigenvalue weighted by atomic mass is 10.2. The average Bonchev–Trinajstić information content (AvgIpc) is 2.98. The zero-order valence-corrected chi connectivity index (χ0v) is 11.6. The number of nitrogens with one attached hydrogen (secondary N) is 1. The van der Waals surface area contributed by atoms with E-state index in [-0.39, 0.29) is 6.10 Å². The van der Waals surface area contributed by atoms with Gasteiger partial charge in [0.2, 0.25) is 10.0 Å². The van der Waals surface area contributed by atoms with Crippen molar-refractivity contribution in [3.8, 4) is 5.75 Å². The summed E-state index contributed by atoms with van der Waals surface area (Å²) in [6, 6.07) is 5.32. The van der Waals surface area contributed by atoms with Crippen LogP contribution in [0.15, 0.2) is 18.2 Å². The van der Waals surface area contributed by atoms with Crippen LogP contribution in [0.1, 0.15) is 12.8 Å². The van der Waals surface area contributed by atoms with Crippen LogP contribution >= 0.6 is 0 Å². The summed E-state index contributed by atoms with van der Waals surface area (Å²) in [5.41, 5.74) is 1.47. The Hall–Kier alpha value is -1.43. The maximum Gasteiger partial charge on any atom is 0.229 e. The molecular weight excluding hydrogens is 252 g/mol. The molecule has 0 atom stereocenters. The lowest BCUT2D eigenvalue weighted by molar-refractivity contribution is 0.304. The molecule has 0 unspecified atom stereocenters. The molecule has 0 amide bonds. The molecule has 0 aromatic heterocycles. The Morgan fingerprint density at radius 1 is 1.33 bits per heavy atom. The van der Waals surface area contributed by atoms with Crippen LogP contribution in [-0.4, -0.2) is 34.9 Å². The number of nitrogens with zero attached hydrogens (tertiary/aromatic N) is 1. The van der Waals surface area contributed by atoms with E-state index >= 15 is 0 Å². The van der Waals surface area contributed by atoms with Crippen molar-refractivity contribution in [1.29, 1.82) is 0 Å². The third-order valence-corrected chi connectivity index (χ3v) is 3.17. The van der Waals surface area contributed by atoms with E-state index in [0.29, 0.717) is 5.69 Å². The minimum absolute atomic E-state index is 0.275. The van der Waals surface area contributed by atoms with Crippen LogP contribution in [0.4, 0.5) is 11.4 Å². The first kappa shape index (κ1) is 13.0. The highest BCUT2D eigenvalue weighted by molar-refractivity contribution is 7.92. The summed E-state index contributed by atoms with van der Waals surface area (Å²) in [6.45, 7) is 0. The topological polar surface area (TPSA) is 58.6 Å². The average molecular weight is 270 g/mol. The minimum atomic E-state index is -3.26. The summed E-state index contributed by atoms with van der Waals surface area (Å²) in [4.78, 5) is 1.95. The Morgan fingerprint density at radius 3 is 2.50 bits per heavy atom. The van der Waals surface area contributed by atoms with E-state index < -0.39 is 10.0 Å². The first-order valence-corrected chi connectivity index (χ1v) is 7.70. The summed E-state index contributed by atoms with van der Waals surface area (Å²) in [7, 11) is 0.600. The molecule has 1 aromatic carbocycles. The van der Waals surface area contributed by atoms with Crippen molar-refractivity contribution in [3.63, 3.8) is 0 Å². The molecule has 1 aliphatic rings. The van der Waals surface area contributed by atoms with Crippen LogP contribution in [0, 0.1) is 0 Å². The summed E-state index contributed by atoms with van der Waals surface area (Å²) in [6.07, 6.45) is 3.54. The van der Waals surface area contributed by atoms with Gasteiger partial charge < -0.3 is 9.64 Å². The Kier molecular flexibility index (Phi) is 3.38. The molecule has 0 heterocycles. The number of ether oxygens (including phenoxy) is 1. The van der Waals surface area contributed by atoms with Gasteiger partial charge >= 0.3 is 0 Å². The quantitative estimate of drug-likeness (QED) is 0.884. The van der Waals surface area contributed by atoms with E-state index in [0.717, 1.165) is 30.5 Å². The second kappa shape index (κ2) is 4.68. The van der Waals surface area contributed by atoms with Gasteiger partial charge in [-0.25, -0.2) is 8.42 Å². The molecule has 5 nitrogen and oxygen atoms in total. The lowest BCUT2D eigenvalue weighted by Crippen LogP contribution is -2.13. The molecule has 0 saturated heterocycles. The van der Waals surface area contributed by atoms with Gasteiger partial charge in [-0.3, -0.25) is 4.72 Å². The number of hydrogen-bond donors (Lipinski definition) is 1. The number of benzene rings is 1. The largest absolute Gasteiger partial charge is 0.488 e. The van der Waals surface area contributed by atoms with Crippen molar-refractivity contribution in [2.24, 2.45) is 0 Å². The molecule has 1 N–H and O–H groups in total. The third kappa shape index (κ3) is 3.53. The highest BCUT2D eigenvalue weighted by Crippen LogP contribution is 2.35. The molecule has 1 aliphatic carbocycles. The Morgan fingerprint density at radius 2 is 2.00 bits per heavy atom. The first-order valence-electron chi connectivity index (χ1n) is 5.81. The minimum Gasteiger partial charge on any atom is -0.488 e. The van der Waals surface area contributed by atoms with Gasteiger partial charge in [-0.2, -0.15) is 0 Å². The molecule has 18 heavy (non-hydrogen) atoms. The molecule has 0 bridgehead atoms. The first-order chi connectivity index (χ1) is 8.35. The Labute approximate surface area is 108 Å². The molecule has 0 radical (unpaired) electrons. The molecule has 100 valence electrons. The van der Waals surface area contributed by atoms with Crippen LogP contribution in [0.5, 0.6) is 5.75 Å². The van der Waals surface area contributed by atoms with Gasteiger partial charge in [-0.1, -0.05) is 0 Å². The number of rotatable bonds is 5. The maximum absolute atomic E-state index is 11.2. The number of hydrogen-bond acceptors (Lipinski definition) is 4. The van der Waals surface area contributed by atoms with Crippen LogP contribution < -0.4 is 14.4 Å². The molecule has 1 aromatic rings. The summed E-state index contributed by atoms with van der Waals surface area (Å²) in [5.74, 6) is 0.719. The molecule has 1 saturated carbocycles. The van der Waals surface area contributed by atoms with E-state index in [4.69, 9.17) is 4.74 Å². The van der Waals surface area contributed by atoms with Crippen LogP contribution in [-0.2, 0) is 10.0 Å².